The fourth-order valence-electron chi connectivity index (χ4n) is 2.47. The van der Waals surface area contributed by atoms with Gasteiger partial charge in [0.1, 0.15) is 5.52 Å². The second kappa shape index (κ2) is 5.30. The Kier molecular flexibility index (Phi) is 3.15. The van der Waals surface area contributed by atoms with Crippen LogP contribution in [-0.4, -0.2) is 10.9 Å². The minimum Gasteiger partial charge on any atom is -0.440 e. The summed E-state index contributed by atoms with van der Waals surface area (Å²) in [7, 11) is 0. The first-order valence-corrected chi connectivity index (χ1v) is 7.52. The molecule has 1 aromatic heterocycles. The number of nitrogens with zero attached hydrogens (tertiary/aromatic N) is 1. The highest BCUT2D eigenvalue weighted by atomic mass is 16.3. The molecule has 0 atom stereocenters. The highest BCUT2D eigenvalue weighted by Crippen LogP contribution is 2.40. The minimum atomic E-state index is -0.102. The van der Waals surface area contributed by atoms with E-state index in [1.165, 1.54) is 0 Å². The van der Waals surface area contributed by atoms with Crippen LogP contribution in [0.1, 0.15) is 40.6 Å². The average Bonchev–Trinajstić information content (AvgIpc) is 3.32. The van der Waals surface area contributed by atoms with Crippen LogP contribution in [0.3, 0.4) is 0 Å². The molecule has 0 unspecified atom stereocenters. The summed E-state index contributed by atoms with van der Waals surface area (Å²) in [6.07, 6.45) is 2.30. The monoisotopic (exact) mass is 292 g/mol. The van der Waals surface area contributed by atoms with Crippen LogP contribution >= 0.6 is 0 Å². The maximum absolute atomic E-state index is 12.2. The van der Waals surface area contributed by atoms with Crippen molar-refractivity contribution in [3.63, 3.8) is 0 Å². The molecule has 1 aliphatic carbocycles. The molecule has 0 spiro atoms. The van der Waals surface area contributed by atoms with Gasteiger partial charge in [-0.15, -0.1) is 0 Å². The third kappa shape index (κ3) is 2.60. The standard InChI is InChI=1S/C18H16N2O2/c21-17(19-11-12-4-2-1-3-5-12)14-8-9-15-16(10-14)22-18(20-15)13-6-7-13/h1-5,8-10,13H,6-7,11H2,(H,19,21). The van der Waals surface area contributed by atoms with Crippen molar-refractivity contribution in [2.45, 2.75) is 25.3 Å². The van der Waals surface area contributed by atoms with Crippen LogP contribution in [0, 0.1) is 0 Å². The normalized spacial score (nSPS) is 14.2. The Morgan fingerprint density at radius 3 is 2.77 bits per heavy atom. The van der Waals surface area contributed by atoms with E-state index in [1.807, 2.05) is 36.4 Å². The van der Waals surface area contributed by atoms with Gasteiger partial charge in [0.05, 0.1) is 0 Å². The summed E-state index contributed by atoms with van der Waals surface area (Å²) in [5, 5.41) is 2.92. The zero-order chi connectivity index (χ0) is 14.9. The molecule has 0 saturated heterocycles. The van der Waals surface area contributed by atoms with Crippen molar-refractivity contribution in [1.82, 2.24) is 10.3 Å². The molecule has 4 rings (SSSR count). The summed E-state index contributed by atoms with van der Waals surface area (Å²) < 4.78 is 5.75. The Hall–Kier alpha value is -2.62. The summed E-state index contributed by atoms with van der Waals surface area (Å²) >= 11 is 0. The third-order valence-corrected chi connectivity index (χ3v) is 3.89. The fourth-order valence-corrected chi connectivity index (χ4v) is 2.47. The maximum Gasteiger partial charge on any atom is 0.251 e. The first-order chi connectivity index (χ1) is 10.8. The first-order valence-electron chi connectivity index (χ1n) is 7.52. The van der Waals surface area contributed by atoms with Gasteiger partial charge < -0.3 is 9.73 Å². The molecule has 0 radical (unpaired) electrons. The van der Waals surface area contributed by atoms with E-state index in [9.17, 15) is 4.79 Å². The van der Waals surface area contributed by atoms with Gasteiger partial charge in [-0.2, -0.15) is 0 Å². The van der Waals surface area contributed by atoms with Crippen molar-refractivity contribution in [2.24, 2.45) is 0 Å². The minimum absolute atomic E-state index is 0.102. The number of carbonyl (C=O) groups is 1. The number of hydrogen-bond donors (Lipinski definition) is 1. The van der Waals surface area contributed by atoms with Crippen LogP contribution in [0.4, 0.5) is 0 Å². The zero-order valence-corrected chi connectivity index (χ0v) is 12.1. The van der Waals surface area contributed by atoms with Crippen LogP contribution in [0.5, 0.6) is 0 Å². The molecule has 1 amide bonds. The first kappa shape index (κ1) is 13.1. The van der Waals surface area contributed by atoms with Crippen molar-refractivity contribution in [3.05, 3.63) is 65.5 Å². The van der Waals surface area contributed by atoms with Gasteiger partial charge in [-0.1, -0.05) is 30.3 Å². The molecule has 1 N–H and O–H groups in total. The van der Waals surface area contributed by atoms with Gasteiger partial charge in [-0.3, -0.25) is 4.79 Å². The van der Waals surface area contributed by atoms with Crippen molar-refractivity contribution in [3.8, 4) is 0 Å². The molecule has 3 aromatic rings. The number of carbonyl (C=O) groups excluding carboxylic acids is 1. The lowest BCUT2D eigenvalue weighted by molar-refractivity contribution is 0.0951. The summed E-state index contributed by atoms with van der Waals surface area (Å²) in [5.74, 6) is 1.18. The number of hydrogen-bond acceptors (Lipinski definition) is 3. The number of oxazole rings is 1. The second-order valence-electron chi connectivity index (χ2n) is 5.68. The topological polar surface area (TPSA) is 55.1 Å². The highest BCUT2D eigenvalue weighted by Gasteiger charge is 2.29. The Balaban J connectivity index is 1.51. The molecule has 4 heteroatoms. The SMILES string of the molecule is O=C(NCc1ccccc1)c1ccc2nc(C3CC3)oc2c1. The lowest BCUT2D eigenvalue weighted by Crippen LogP contribution is -2.22. The number of amides is 1. The van der Waals surface area contributed by atoms with Crippen molar-refractivity contribution >= 4 is 17.0 Å². The van der Waals surface area contributed by atoms with Crippen LogP contribution in [-0.2, 0) is 6.54 Å². The molecule has 110 valence electrons. The van der Waals surface area contributed by atoms with E-state index < -0.39 is 0 Å². The number of aromatic nitrogens is 1. The van der Waals surface area contributed by atoms with Gasteiger partial charge in [0.15, 0.2) is 11.5 Å². The molecule has 1 aliphatic rings. The molecular weight excluding hydrogens is 276 g/mol. The summed E-state index contributed by atoms with van der Waals surface area (Å²) in [6.45, 7) is 0.515. The number of rotatable bonds is 4. The van der Waals surface area contributed by atoms with E-state index in [0.717, 1.165) is 29.8 Å². The van der Waals surface area contributed by atoms with Crippen LogP contribution in [0.25, 0.3) is 11.1 Å². The third-order valence-electron chi connectivity index (χ3n) is 3.89. The van der Waals surface area contributed by atoms with Gasteiger partial charge in [-0.05, 0) is 36.6 Å². The summed E-state index contributed by atoms with van der Waals surface area (Å²) in [6, 6.07) is 15.3. The van der Waals surface area contributed by atoms with Crippen molar-refractivity contribution in [2.75, 3.05) is 0 Å². The van der Waals surface area contributed by atoms with Gasteiger partial charge in [-0.25, -0.2) is 4.98 Å². The van der Waals surface area contributed by atoms with Gasteiger partial charge in [0.25, 0.3) is 5.91 Å². The van der Waals surface area contributed by atoms with E-state index in [2.05, 4.69) is 10.3 Å². The van der Waals surface area contributed by atoms with Gasteiger partial charge >= 0.3 is 0 Å². The summed E-state index contributed by atoms with van der Waals surface area (Å²) in [5.41, 5.74) is 3.19. The fraction of sp³-hybridized carbons (Fsp3) is 0.222. The largest absolute Gasteiger partial charge is 0.440 e. The van der Waals surface area contributed by atoms with Crippen molar-refractivity contribution in [1.29, 1.82) is 0 Å². The number of fused-ring (bicyclic) bond motifs is 1. The maximum atomic E-state index is 12.2. The smallest absolute Gasteiger partial charge is 0.251 e. The van der Waals surface area contributed by atoms with Crippen LogP contribution in [0.15, 0.2) is 52.9 Å². The number of benzene rings is 2. The molecule has 0 bridgehead atoms. The molecule has 1 heterocycles. The quantitative estimate of drug-likeness (QED) is 0.798. The second-order valence-corrected chi connectivity index (χ2v) is 5.68. The van der Waals surface area contributed by atoms with E-state index >= 15 is 0 Å². The van der Waals surface area contributed by atoms with Crippen LogP contribution < -0.4 is 5.32 Å². The lowest BCUT2D eigenvalue weighted by Gasteiger charge is -2.05. The van der Waals surface area contributed by atoms with Crippen molar-refractivity contribution < 1.29 is 9.21 Å². The molecule has 4 nitrogen and oxygen atoms in total. The lowest BCUT2D eigenvalue weighted by atomic mass is 10.2. The van der Waals surface area contributed by atoms with Gasteiger partial charge in [0.2, 0.25) is 0 Å². The molecule has 2 aromatic carbocycles. The zero-order valence-electron chi connectivity index (χ0n) is 12.1. The van der Waals surface area contributed by atoms with E-state index in [4.69, 9.17) is 4.42 Å². The van der Waals surface area contributed by atoms with E-state index in [1.54, 1.807) is 12.1 Å². The molecule has 1 fully saturated rings. The predicted molar refractivity (Wildman–Crippen MR) is 83.6 cm³/mol. The predicted octanol–water partition coefficient (Wildman–Crippen LogP) is 3.64. The van der Waals surface area contributed by atoms with E-state index in [-0.39, 0.29) is 5.91 Å². The van der Waals surface area contributed by atoms with E-state index in [0.29, 0.717) is 23.6 Å². The Labute approximate surface area is 128 Å². The number of nitrogens with one attached hydrogen (secondary N) is 1. The molecule has 22 heavy (non-hydrogen) atoms. The Morgan fingerprint density at radius 2 is 2.00 bits per heavy atom. The van der Waals surface area contributed by atoms with Gasteiger partial charge in [0, 0.05) is 18.0 Å². The Morgan fingerprint density at radius 1 is 1.18 bits per heavy atom. The Bertz CT molecular complexity index is 819. The molecule has 0 aliphatic heterocycles. The average molecular weight is 292 g/mol. The van der Waals surface area contributed by atoms with Crippen LogP contribution in [0.2, 0.25) is 0 Å². The highest BCUT2D eigenvalue weighted by molar-refractivity contribution is 5.97. The molecular formula is C18H16N2O2. The molecule has 1 saturated carbocycles. The summed E-state index contributed by atoms with van der Waals surface area (Å²) in [4.78, 5) is 16.7.